The van der Waals surface area contributed by atoms with E-state index in [0.29, 0.717) is 18.8 Å². The highest BCUT2D eigenvalue weighted by Crippen LogP contribution is 2.28. The number of amidine groups is 1. The molecule has 1 aliphatic rings. The summed E-state index contributed by atoms with van der Waals surface area (Å²) in [6.07, 6.45) is 1.09. The van der Waals surface area contributed by atoms with Gasteiger partial charge in [0.05, 0.1) is 12.1 Å². The third kappa shape index (κ3) is 4.49. The van der Waals surface area contributed by atoms with Crippen molar-refractivity contribution in [1.29, 1.82) is 5.41 Å². The first-order chi connectivity index (χ1) is 12.7. The van der Waals surface area contributed by atoms with E-state index in [2.05, 4.69) is 11.9 Å². The number of carbonyl (C=O) groups excluding carboxylic acids is 1. The Hall–Kier alpha value is -2.80. The van der Waals surface area contributed by atoms with Crippen molar-refractivity contribution in [3.05, 3.63) is 54.1 Å². The molecule has 1 aliphatic heterocycles. The van der Waals surface area contributed by atoms with Gasteiger partial charge < -0.3 is 25.4 Å². The number of hydrogen-bond acceptors (Lipinski definition) is 5. The number of amides is 1. The lowest BCUT2D eigenvalue weighted by Gasteiger charge is -2.27. The summed E-state index contributed by atoms with van der Waals surface area (Å²) in [4.78, 5) is 14.6. The molecule has 0 unspecified atom stereocenters. The molecule has 7 nitrogen and oxygen atoms in total. The number of rotatable bonds is 7. The molecule has 0 saturated heterocycles. The van der Waals surface area contributed by atoms with Gasteiger partial charge in [-0.1, -0.05) is 18.7 Å². The molecule has 7 heteroatoms. The Kier molecular flexibility index (Phi) is 6.28. The van der Waals surface area contributed by atoms with Gasteiger partial charge in [0.25, 0.3) is 5.91 Å². The van der Waals surface area contributed by atoms with Crippen LogP contribution in [0, 0.1) is 5.41 Å². The smallest absolute Gasteiger partial charge is 0.267 e. The monoisotopic (exact) mass is 372 g/mol. The fourth-order valence-electron chi connectivity index (χ4n) is 3.02. The molecule has 0 fully saturated rings. The zero-order chi connectivity index (χ0) is 20.2. The van der Waals surface area contributed by atoms with Crippen LogP contribution in [0.2, 0.25) is 0 Å². The van der Waals surface area contributed by atoms with Gasteiger partial charge in [-0.25, -0.2) is 0 Å². The van der Waals surface area contributed by atoms with Gasteiger partial charge in [-0.2, -0.15) is 0 Å². The summed E-state index contributed by atoms with van der Waals surface area (Å²) in [5, 5.41) is 10.6. The second kappa shape index (κ2) is 8.26. The molecule has 146 valence electrons. The van der Waals surface area contributed by atoms with Crippen LogP contribution >= 0.6 is 0 Å². The standard InChI is InChI=1S/C20H28N4O3/c1-6-23-18-16(17(21)22)19(25)24(12-13(3)27-18)15-10-8-14(9-11-15)20(4,5)26-7-2/h6,8-11,13,23H,1,7,12H2,2-5H3,(H3,21,22)/t13-/m1/s1. The second-order valence-electron chi connectivity index (χ2n) is 6.80. The van der Waals surface area contributed by atoms with Gasteiger partial charge >= 0.3 is 0 Å². The number of nitrogens with zero attached hydrogens (tertiary/aromatic N) is 1. The van der Waals surface area contributed by atoms with Crippen LogP contribution in [-0.2, 0) is 19.9 Å². The Balaban J connectivity index is 2.41. The number of nitrogens with one attached hydrogen (secondary N) is 2. The Bertz CT molecular complexity index is 753. The molecule has 0 radical (unpaired) electrons. The Labute approximate surface area is 160 Å². The summed E-state index contributed by atoms with van der Waals surface area (Å²) < 4.78 is 11.5. The highest BCUT2D eigenvalue weighted by atomic mass is 16.5. The molecule has 0 aromatic heterocycles. The molecule has 0 bridgehead atoms. The number of nitrogens with two attached hydrogens (primary N) is 1. The molecule has 1 atom stereocenters. The first-order valence-corrected chi connectivity index (χ1v) is 8.90. The summed E-state index contributed by atoms with van der Waals surface area (Å²) in [5.41, 5.74) is 6.93. The maximum Gasteiger partial charge on any atom is 0.267 e. The predicted octanol–water partition coefficient (Wildman–Crippen LogP) is 2.59. The molecule has 27 heavy (non-hydrogen) atoms. The predicted molar refractivity (Wildman–Crippen MR) is 106 cm³/mol. The number of hydrogen-bond donors (Lipinski definition) is 3. The maximum absolute atomic E-state index is 13.1. The number of ether oxygens (including phenoxy) is 2. The molecule has 2 rings (SSSR count). The van der Waals surface area contributed by atoms with Crippen molar-refractivity contribution >= 4 is 17.4 Å². The average Bonchev–Trinajstić information content (AvgIpc) is 2.71. The van der Waals surface area contributed by atoms with Gasteiger partial charge in [-0.15, -0.1) is 0 Å². The number of anilines is 1. The van der Waals surface area contributed by atoms with Crippen LogP contribution < -0.4 is 16.0 Å². The maximum atomic E-state index is 13.1. The fourth-order valence-corrected chi connectivity index (χ4v) is 3.02. The summed E-state index contributed by atoms with van der Waals surface area (Å²) in [6.45, 7) is 12.3. The van der Waals surface area contributed by atoms with Gasteiger partial charge in [-0.05, 0) is 51.6 Å². The quantitative estimate of drug-likeness (QED) is 0.504. The van der Waals surface area contributed by atoms with Gasteiger partial charge in [0.15, 0.2) is 0 Å². The lowest BCUT2D eigenvalue weighted by Crippen LogP contribution is -2.38. The molecule has 1 heterocycles. The van der Waals surface area contributed by atoms with E-state index in [1.54, 1.807) is 4.90 Å². The highest BCUT2D eigenvalue weighted by Gasteiger charge is 2.32. The molecule has 0 spiro atoms. The van der Waals surface area contributed by atoms with Crippen molar-refractivity contribution in [3.8, 4) is 0 Å². The van der Waals surface area contributed by atoms with Crippen molar-refractivity contribution < 1.29 is 14.3 Å². The van der Waals surface area contributed by atoms with Crippen molar-refractivity contribution in [2.45, 2.75) is 39.4 Å². The number of carbonyl (C=O) groups is 1. The van der Waals surface area contributed by atoms with Crippen molar-refractivity contribution in [1.82, 2.24) is 5.32 Å². The lowest BCUT2D eigenvalue weighted by molar-refractivity contribution is -0.114. The zero-order valence-electron chi connectivity index (χ0n) is 16.3. The summed E-state index contributed by atoms with van der Waals surface area (Å²) in [6, 6.07) is 7.61. The van der Waals surface area contributed by atoms with E-state index in [9.17, 15) is 4.79 Å². The molecule has 1 aromatic carbocycles. The van der Waals surface area contributed by atoms with Gasteiger partial charge in [0, 0.05) is 12.3 Å². The van der Waals surface area contributed by atoms with E-state index >= 15 is 0 Å². The fraction of sp³-hybridized carbons (Fsp3) is 0.400. The van der Waals surface area contributed by atoms with Crippen LogP contribution in [0.4, 0.5) is 5.69 Å². The van der Waals surface area contributed by atoms with E-state index in [-0.39, 0.29) is 23.4 Å². The highest BCUT2D eigenvalue weighted by molar-refractivity contribution is 6.24. The van der Waals surface area contributed by atoms with Gasteiger partial charge in [-0.3, -0.25) is 10.2 Å². The topological polar surface area (TPSA) is 101 Å². The minimum absolute atomic E-state index is 0.0158. The van der Waals surface area contributed by atoms with Crippen molar-refractivity contribution in [2.75, 3.05) is 18.1 Å². The van der Waals surface area contributed by atoms with Crippen LogP contribution in [-0.4, -0.2) is 31.0 Å². The van der Waals surface area contributed by atoms with Crippen LogP contribution in [0.15, 0.2) is 48.5 Å². The summed E-state index contributed by atoms with van der Waals surface area (Å²) in [7, 11) is 0. The first-order valence-electron chi connectivity index (χ1n) is 8.90. The van der Waals surface area contributed by atoms with E-state index in [4.69, 9.17) is 20.6 Å². The molecular formula is C20H28N4O3. The minimum Gasteiger partial charge on any atom is -0.473 e. The van der Waals surface area contributed by atoms with E-state index < -0.39 is 11.5 Å². The SMILES string of the molecule is C=CNC1=C(C(=N)N)C(=O)N(c2ccc(C(C)(C)OCC)cc2)C[C@@H](C)O1. The summed E-state index contributed by atoms with van der Waals surface area (Å²) in [5.74, 6) is -0.614. The Morgan fingerprint density at radius 3 is 2.63 bits per heavy atom. The second-order valence-corrected chi connectivity index (χ2v) is 6.80. The van der Waals surface area contributed by atoms with Crippen LogP contribution in [0.1, 0.15) is 33.3 Å². The lowest BCUT2D eigenvalue weighted by atomic mass is 9.97. The van der Waals surface area contributed by atoms with Crippen LogP contribution in [0.3, 0.4) is 0 Å². The molecule has 0 saturated carbocycles. The Morgan fingerprint density at radius 1 is 1.48 bits per heavy atom. The largest absolute Gasteiger partial charge is 0.473 e. The number of benzene rings is 1. The Morgan fingerprint density at radius 2 is 2.11 bits per heavy atom. The zero-order valence-corrected chi connectivity index (χ0v) is 16.3. The van der Waals surface area contributed by atoms with E-state index in [1.165, 1.54) is 6.20 Å². The normalized spacial score (nSPS) is 18.0. The molecule has 1 aromatic rings. The van der Waals surface area contributed by atoms with E-state index in [0.717, 1.165) is 5.56 Å². The first kappa shape index (κ1) is 20.5. The van der Waals surface area contributed by atoms with Crippen LogP contribution in [0.5, 0.6) is 0 Å². The van der Waals surface area contributed by atoms with E-state index in [1.807, 2.05) is 52.0 Å². The van der Waals surface area contributed by atoms with Crippen LogP contribution in [0.25, 0.3) is 0 Å². The summed E-state index contributed by atoms with van der Waals surface area (Å²) >= 11 is 0. The van der Waals surface area contributed by atoms with Crippen molar-refractivity contribution in [3.63, 3.8) is 0 Å². The van der Waals surface area contributed by atoms with Crippen molar-refractivity contribution in [2.24, 2.45) is 5.73 Å². The third-order valence-corrected chi connectivity index (χ3v) is 4.33. The van der Waals surface area contributed by atoms with Gasteiger partial charge in [0.2, 0.25) is 5.88 Å². The molecule has 1 amide bonds. The average molecular weight is 372 g/mol. The molecule has 0 aliphatic carbocycles. The molecule has 4 N–H and O–H groups in total. The van der Waals surface area contributed by atoms with Gasteiger partial charge in [0.1, 0.15) is 17.5 Å². The minimum atomic E-state index is -0.419. The third-order valence-electron chi connectivity index (χ3n) is 4.33. The molecular weight excluding hydrogens is 344 g/mol.